The average molecular weight is 455 g/mol. The van der Waals surface area contributed by atoms with Crippen LogP contribution in [0.5, 0.6) is 0 Å². The summed E-state index contributed by atoms with van der Waals surface area (Å²) >= 11 is 0. The summed E-state index contributed by atoms with van der Waals surface area (Å²) in [6.07, 6.45) is 0.447. The molecule has 0 aliphatic rings. The molecule has 0 bridgehead atoms. The van der Waals surface area contributed by atoms with Gasteiger partial charge in [0.05, 0.1) is 5.92 Å². The fraction of sp³-hybridized carbons (Fsp3) is 0.300. The van der Waals surface area contributed by atoms with Crippen LogP contribution in [0.1, 0.15) is 22.3 Å². The lowest BCUT2D eigenvalue weighted by molar-refractivity contribution is -0.0322. The van der Waals surface area contributed by atoms with Crippen LogP contribution in [0.4, 0.5) is 0 Å². The van der Waals surface area contributed by atoms with Gasteiger partial charge in [0.15, 0.2) is 5.78 Å². The zero-order chi connectivity index (χ0) is 24.3. The van der Waals surface area contributed by atoms with Crippen molar-refractivity contribution in [1.82, 2.24) is 9.80 Å². The molecule has 4 heteroatoms. The summed E-state index contributed by atoms with van der Waals surface area (Å²) in [5.74, 6) is -0.668. The molecule has 34 heavy (non-hydrogen) atoms. The van der Waals surface area contributed by atoms with Gasteiger partial charge in [0.1, 0.15) is 5.60 Å². The molecular formula is C30H34N2O2. The molecule has 176 valence electrons. The molecule has 0 radical (unpaired) electrons. The number of nitrogens with zero attached hydrogens (tertiary/aromatic N) is 2. The monoisotopic (exact) mass is 454 g/mol. The molecule has 0 aromatic heterocycles. The van der Waals surface area contributed by atoms with E-state index in [1.807, 2.05) is 106 Å². The summed E-state index contributed by atoms with van der Waals surface area (Å²) in [4.78, 5) is 18.4. The molecule has 2 atom stereocenters. The van der Waals surface area contributed by atoms with Crippen LogP contribution in [0.3, 0.4) is 0 Å². The van der Waals surface area contributed by atoms with Gasteiger partial charge in [-0.15, -0.1) is 0 Å². The molecule has 0 amide bonds. The number of hydrogen-bond acceptors (Lipinski definition) is 4. The third-order valence-corrected chi connectivity index (χ3v) is 6.69. The van der Waals surface area contributed by atoms with E-state index in [0.717, 1.165) is 27.1 Å². The van der Waals surface area contributed by atoms with Crippen LogP contribution < -0.4 is 0 Å². The Hall–Kier alpha value is -3.05. The van der Waals surface area contributed by atoms with Crippen molar-refractivity contribution >= 4 is 27.3 Å². The number of aliphatic hydroxyl groups is 1. The lowest BCUT2D eigenvalue weighted by atomic mass is 9.73. The van der Waals surface area contributed by atoms with Crippen LogP contribution in [0.15, 0.2) is 84.9 Å². The van der Waals surface area contributed by atoms with E-state index < -0.39 is 11.5 Å². The van der Waals surface area contributed by atoms with Crippen molar-refractivity contribution in [3.8, 4) is 0 Å². The van der Waals surface area contributed by atoms with Crippen LogP contribution >= 0.6 is 0 Å². The highest BCUT2D eigenvalue weighted by Crippen LogP contribution is 2.40. The van der Waals surface area contributed by atoms with Gasteiger partial charge in [-0.1, -0.05) is 84.9 Å². The van der Waals surface area contributed by atoms with E-state index in [-0.39, 0.29) is 5.78 Å². The molecule has 0 aliphatic heterocycles. The highest BCUT2D eigenvalue weighted by molar-refractivity contribution is 6.09. The Morgan fingerprint density at radius 2 is 1.32 bits per heavy atom. The van der Waals surface area contributed by atoms with Gasteiger partial charge < -0.3 is 14.9 Å². The SMILES string of the molecule is CN(C)CCC(O)(c1cccc2ccccc12)C(CN(C)C)C(=O)c1cccc2ccccc12. The molecule has 0 heterocycles. The fourth-order valence-electron chi connectivity index (χ4n) is 4.94. The van der Waals surface area contributed by atoms with Gasteiger partial charge in [-0.05, 0) is 61.7 Å². The van der Waals surface area contributed by atoms with Crippen molar-refractivity contribution in [3.05, 3.63) is 96.1 Å². The van der Waals surface area contributed by atoms with E-state index in [1.54, 1.807) is 0 Å². The van der Waals surface area contributed by atoms with Crippen LogP contribution in [0.25, 0.3) is 21.5 Å². The predicted octanol–water partition coefficient (Wildman–Crippen LogP) is 5.19. The van der Waals surface area contributed by atoms with Crippen molar-refractivity contribution < 1.29 is 9.90 Å². The first-order valence-corrected chi connectivity index (χ1v) is 11.8. The molecular weight excluding hydrogens is 420 g/mol. The Morgan fingerprint density at radius 3 is 1.97 bits per heavy atom. The second-order valence-corrected chi connectivity index (χ2v) is 9.71. The largest absolute Gasteiger partial charge is 0.384 e. The number of rotatable bonds is 9. The van der Waals surface area contributed by atoms with Crippen molar-refractivity contribution in [2.45, 2.75) is 12.0 Å². The molecule has 4 rings (SSSR count). The normalized spacial score (nSPS) is 14.6. The molecule has 1 N–H and O–H groups in total. The standard InChI is InChI=1S/C30H34N2O2/c1-31(2)20-19-30(34,27-18-10-14-23-12-6-8-16-25(23)27)28(21-32(3)4)29(33)26-17-9-13-22-11-5-7-15-24(22)26/h5-18,28,34H,19-21H2,1-4H3. The molecule has 2 unspecified atom stereocenters. The van der Waals surface area contributed by atoms with Gasteiger partial charge in [-0.2, -0.15) is 0 Å². The van der Waals surface area contributed by atoms with E-state index >= 15 is 0 Å². The Kier molecular flexibility index (Phi) is 7.13. The summed E-state index contributed by atoms with van der Waals surface area (Å²) in [5, 5.41) is 16.6. The van der Waals surface area contributed by atoms with Crippen LogP contribution in [0.2, 0.25) is 0 Å². The maximum Gasteiger partial charge on any atom is 0.171 e. The highest BCUT2D eigenvalue weighted by Gasteiger charge is 2.44. The van der Waals surface area contributed by atoms with Crippen molar-refractivity contribution in [2.24, 2.45) is 5.92 Å². The summed E-state index contributed by atoms with van der Waals surface area (Å²) in [5.41, 5.74) is 0.130. The first-order valence-electron chi connectivity index (χ1n) is 11.8. The zero-order valence-corrected chi connectivity index (χ0v) is 20.5. The Labute approximate surface area is 202 Å². The van der Waals surface area contributed by atoms with Crippen molar-refractivity contribution in [3.63, 3.8) is 0 Å². The number of hydrogen-bond donors (Lipinski definition) is 1. The number of fused-ring (bicyclic) bond motifs is 2. The summed E-state index contributed by atoms with van der Waals surface area (Å²) < 4.78 is 0. The third-order valence-electron chi connectivity index (χ3n) is 6.69. The zero-order valence-electron chi connectivity index (χ0n) is 20.5. The molecule has 4 aromatic rings. The Bertz CT molecular complexity index is 1290. The van der Waals surface area contributed by atoms with Gasteiger partial charge in [0.2, 0.25) is 0 Å². The quantitative estimate of drug-likeness (QED) is 0.353. The minimum absolute atomic E-state index is 0.0281. The van der Waals surface area contributed by atoms with E-state index in [9.17, 15) is 9.90 Å². The lowest BCUT2D eigenvalue weighted by Crippen LogP contribution is -2.47. The van der Waals surface area contributed by atoms with Crippen molar-refractivity contribution in [2.75, 3.05) is 41.3 Å². The molecule has 0 saturated carbocycles. The van der Waals surface area contributed by atoms with Crippen LogP contribution in [0, 0.1) is 5.92 Å². The smallest absolute Gasteiger partial charge is 0.171 e. The first kappa shape index (κ1) is 24.1. The minimum atomic E-state index is -1.34. The second kappa shape index (κ2) is 10.1. The topological polar surface area (TPSA) is 43.8 Å². The second-order valence-electron chi connectivity index (χ2n) is 9.71. The Morgan fingerprint density at radius 1 is 0.765 bits per heavy atom. The van der Waals surface area contributed by atoms with E-state index in [2.05, 4.69) is 17.0 Å². The number of Topliss-reactive ketones (excluding diaryl/α,β-unsaturated/α-hetero) is 1. The summed E-state index contributed by atoms with van der Waals surface area (Å²) in [6.45, 7) is 1.10. The van der Waals surface area contributed by atoms with Gasteiger partial charge in [0, 0.05) is 18.7 Å². The number of ketones is 1. The van der Waals surface area contributed by atoms with Crippen molar-refractivity contribution in [1.29, 1.82) is 0 Å². The van der Waals surface area contributed by atoms with Gasteiger partial charge in [0.25, 0.3) is 0 Å². The molecule has 0 saturated heterocycles. The summed E-state index contributed by atoms with van der Waals surface area (Å²) in [6, 6.07) is 27.9. The first-order chi connectivity index (χ1) is 16.3. The van der Waals surface area contributed by atoms with Gasteiger partial charge in [-0.3, -0.25) is 4.79 Å². The van der Waals surface area contributed by atoms with E-state index in [1.165, 1.54) is 0 Å². The lowest BCUT2D eigenvalue weighted by Gasteiger charge is -2.39. The fourth-order valence-corrected chi connectivity index (χ4v) is 4.94. The van der Waals surface area contributed by atoms with Crippen LogP contribution in [-0.4, -0.2) is 62.0 Å². The number of benzene rings is 4. The highest BCUT2D eigenvalue weighted by atomic mass is 16.3. The molecule has 4 aromatic carbocycles. The number of carbonyl (C=O) groups is 1. The third kappa shape index (κ3) is 4.76. The molecule has 0 spiro atoms. The maximum absolute atomic E-state index is 14.3. The van der Waals surface area contributed by atoms with Gasteiger partial charge >= 0.3 is 0 Å². The van der Waals surface area contributed by atoms with E-state index in [0.29, 0.717) is 25.1 Å². The molecule has 4 nitrogen and oxygen atoms in total. The van der Waals surface area contributed by atoms with E-state index in [4.69, 9.17) is 0 Å². The maximum atomic E-state index is 14.3. The predicted molar refractivity (Wildman–Crippen MR) is 141 cm³/mol. The van der Waals surface area contributed by atoms with Gasteiger partial charge in [-0.25, -0.2) is 0 Å². The molecule has 0 fully saturated rings. The minimum Gasteiger partial charge on any atom is -0.384 e. The summed E-state index contributed by atoms with van der Waals surface area (Å²) in [7, 11) is 7.91. The van der Waals surface area contributed by atoms with Crippen LogP contribution in [-0.2, 0) is 5.60 Å². The average Bonchev–Trinajstić information content (AvgIpc) is 2.84. The molecule has 0 aliphatic carbocycles. The number of carbonyl (C=O) groups excluding carboxylic acids is 1. The Balaban J connectivity index is 1.92.